The number of aromatic nitrogens is 4. The predicted molar refractivity (Wildman–Crippen MR) is 67.9 cm³/mol. The third-order valence-corrected chi connectivity index (χ3v) is 4.04. The van der Waals surface area contributed by atoms with Gasteiger partial charge in [0.2, 0.25) is 5.28 Å². The van der Waals surface area contributed by atoms with Crippen molar-refractivity contribution >= 4 is 23.2 Å². The van der Waals surface area contributed by atoms with Crippen molar-refractivity contribution in [2.75, 3.05) is 11.4 Å². The number of anilines is 2. The first-order valence-electron chi connectivity index (χ1n) is 6.14. The molecule has 2 aromatic rings. The van der Waals surface area contributed by atoms with Gasteiger partial charge in [0.1, 0.15) is 5.82 Å². The van der Waals surface area contributed by atoms with Crippen LogP contribution in [0.5, 0.6) is 0 Å². The van der Waals surface area contributed by atoms with Gasteiger partial charge in [0.15, 0.2) is 11.6 Å². The van der Waals surface area contributed by atoms with Crippen molar-refractivity contribution < 1.29 is 4.39 Å². The zero-order valence-electron chi connectivity index (χ0n) is 10.1. The highest BCUT2D eigenvalue weighted by Crippen LogP contribution is 2.52. The van der Waals surface area contributed by atoms with Crippen LogP contribution in [0.3, 0.4) is 0 Å². The Hall–Kier alpha value is -1.69. The summed E-state index contributed by atoms with van der Waals surface area (Å²) in [6.45, 7) is 1.65. The molecule has 1 fully saturated rings. The van der Waals surface area contributed by atoms with Crippen molar-refractivity contribution in [2.45, 2.75) is 19.4 Å². The molecule has 1 saturated carbocycles. The summed E-state index contributed by atoms with van der Waals surface area (Å²) in [5.41, 5.74) is 0.211. The molecule has 0 unspecified atom stereocenters. The van der Waals surface area contributed by atoms with Crippen LogP contribution in [0.4, 0.5) is 16.0 Å². The summed E-state index contributed by atoms with van der Waals surface area (Å²) in [7, 11) is 0. The fourth-order valence-corrected chi connectivity index (χ4v) is 2.79. The van der Waals surface area contributed by atoms with Gasteiger partial charge >= 0.3 is 0 Å². The monoisotopic (exact) mass is 279 g/mol. The normalized spacial score (nSPS) is 19.6. The molecule has 0 saturated heterocycles. The number of hydrogen-bond donors (Lipinski definition) is 0. The van der Waals surface area contributed by atoms with Crippen LogP contribution in [0.2, 0.25) is 5.28 Å². The Balaban J connectivity index is 1.84. The van der Waals surface area contributed by atoms with E-state index in [4.69, 9.17) is 11.6 Å². The van der Waals surface area contributed by atoms with Crippen LogP contribution in [0.15, 0.2) is 18.5 Å². The zero-order chi connectivity index (χ0) is 13.0. The van der Waals surface area contributed by atoms with Gasteiger partial charge in [0.25, 0.3) is 0 Å². The summed E-state index contributed by atoms with van der Waals surface area (Å²) in [5.74, 6) is 0.619. The summed E-state index contributed by atoms with van der Waals surface area (Å²) >= 11 is 5.79. The quantitative estimate of drug-likeness (QED) is 0.752. The molecular formula is C12H11ClFN5. The molecule has 0 aromatic carbocycles. The summed E-state index contributed by atoms with van der Waals surface area (Å²) in [6.07, 6.45) is 5.12. The van der Waals surface area contributed by atoms with E-state index in [0.717, 1.165) is 37.9 Å². The lowest BCUT2D eigenvalue weighted by Crippen LogP contribution is -2.37. The molecule has 4 rings (SSSR count). The molecule has 1 aliphatic carbocycles. The number of rotatable bonds is 1. The molecule has 0 bridgehead atoms. The fourth-order valence-electron chi connectivity index (χ4n) is 2.66. The van der Waals surface area contributed by atoms with Crippen molar-refractivity contribution in [1.29, 1.82) is 0 Å². The third-order valence-electron chi connectivity index (χ3n) is 3.86. The molecule has 1 aliphatic heterocycles. The second-order valence-corrected chi connectivity index (χ2v) is 5.58. The molecular weight excluding hydrogens is 269 g/mol. The number of hydrogen-bond acceptors (Lipinski definition) is 4. The van der Waals surface area contributed by atoms with E-state index in [1.165, 1.54) is 0 Å². The summed E-state index contributed by atoms with van der Waals surface area (Å²) in [5, 5.41) is 4.35. The molecule has 3 heterocycles. The van der Waals surface area contributed by atoms with E-state index in [1.54, 1.807) is 6.20 Å². The van der Waals surface area contributed by atoms with Gasteiger partial charge in [-0.25, -0.2) is 14.1 Å². The Morgan fingerprint density at radius 2 is 2.16 bits per heavy atom. The van der Waals surface area contributed by atoms with E-state index in [9.17, 15) is 4.39 Å². The van der Waals surface area contributed by atoms with Gasteiger partial charge < -0.3 is 4.90 Å². The SMILES string of the molecule is Fc1cnc(Cl)nc1N1CC2(CC2)Cn2nccc21. The minimum absolute atomic E-state index is 0.0536. The van der Waals surface area contributed by atoms with Crippen LogP contribution in [0.1, 0.15) is 12.8 Å². The largest absolute Gasteiger partial charge is 0.308 e. The highest BCUT2D eigenvalue weighted by atomic mass is 35.5. The van der Waals surface area contributed by atoms with Crippen molar-refractivity contribution in [3.05, 3.63) is 29.6 Å². The highest BCUT2D eigenvalue weighted by molar-refractivity contribution is 6.28. The maximum atomic E-state index is 14.0. The van der Waals surface area contributed by atoms with E-state index < -0.39 is 5.82 Å². The van der Waals surface area contributed by atoms with E-state index in [-0.39, 0.29) is 16.5 Å². The van der Waals surface area contributed by atoms with E-state index in [1.807, 2.05) is 15.6 Å². The first-order valence-corrected chi connectivity index (χ1v) is 6.52. The standard InChI is InChI=1S/C12H11ClFN5/c13-11-15-5-8(14)10(17-11)18-6-12(2-3-12)7-19-9(18)1-4-16-19/h1,4-5H,2-3,6-7H2. The third kappa shape index (κ3) is 1.70. The molecule has 0 amide bonds. The average Bonchev–Trinajstić information content (AvgIpc) is 2.96. The Kier molecular flexibility index (Phi) is 2.15. The van der Waals surface area contributed by atoms with Crippen LogP contribution in [-0.2, 0) is 6.54 Å². The van der Waals surface area contributed by atoms with E-state index in [2.05, 4.69) is 15.1 Å². The van der Waals surface area contributed by atoms with Gasteiger partial charge in [-0.15, -0.1) is 0 Å². The molecule has 98 valence electrons. The Morgan fingerprint density at radius 1 is 1.32 bits per heavy atom. The Bertz CT molecular complexity index is 651. The van der Waals surface area contributed by atoms with Crippen LogP contribution >= 0.6 is 11.6 Å². The number of halogens is 2. The molecule has 5 nitrogen and oxygen atoms in total. The van der Waals surface area contributed by atoms with E-state index >= 15 is 0 Å². The molecule has 19 heavy (non-hydrogen) atoms. The fraction of sp³-hybridized carbons (Fsp3) is 0.417. The zero-order valence-corrected chi connectivity index (χ0v) is 10.8. The van der Waals surface area contributed by atoms with Gasteiger partial charge in [0, 0.05) is 18.0 Å². The molecule has 0 N–H and O–H groups in total. The Labute approximate surface area is 114 Å². The van der Waals surface area contributed by atoms with Crippen molar-refractivity contribution in [3.63, 3.8) is 0 Å². The number of fused-ring (bicyclic) bond motifs is 1. The summed E-state index contributed by atoms with van der Waals surface area (Å²) in [6, 6.07) is 1.87. The first kappa shape index (κ1) is 11.2. The maximum absolute atomic E-state index is 14.0. The average molecular weight is 280 g/mol. The molecule has 0 atom stereocenters. The lowest BCUT2D eigenvalue weighted by atomic mass is 10.0. The molecule has 7 heteroatoms. The smallest absolute Gasteiger partial charge is 0.224 e. The van der Waals surface area contributed by atoms with Gasteiger partial charge in [-0.2, -0.15) is 10.1 Å². The van der Waals surface area contributed by atoms with Crippen LogP contribution in [-0.4, -0.2) is 26.3 Å². The van der Waals surface area contributed by atoms with Gasteiger partial charge in [-0.05, 0) is 24.4 Å². The lowest BCUT2D eigenvalue weighted by molar-refractivity contribution is 0.372. The van der Waals surface area contributed by atoms with Crippen molar-refractivity contribution in [1.82, 2.24) is 19.7 Å². The van der Waals surface area contributed by atoms with Gasteiger partial charge in [0.05, 0.1) is 18.9 Å². The van der Waals surface area contributed by atoms with Gasteiger partial charge in [-0.3, -0.25) is 0 Å². The van der Waals surface area contributed by atoms with Crippen molar-refractivity contribution in [2.24, 2.45) is 5.41 Å². The maximum Gasteiger partial charge on any atom is 0.224 e. The van der Waals surface area contributed by atoms with Crippen LogP contribution in [0.25, 0.3) is 0 Å². The minimum atomic E-state index is -0.463. The number of nitrogens with zero attached hydrogens (tertiary/aromatic N) is 5. The first-order chi connectivity index (χ1) is 9.17. The van der Waals surface area contributed by atoms with E-state index in [0.29, 0.717) is 0 Å². The predicted octanol–water partition coefficient (Wildman–Crippen LogP) is 2.40. The summed E-state index contributed by atoms with van der Waals surface area (Å²) < 4.78 is 15.9. The highest BCUT2D eigenvalue weighted by Gasteiger charge is 2.48. The molecule has 0 radical (unpaired) electrons. The molecule has 2 aromatic heterocycles. The molecule has 1 spiro atoms. The lowest BCUT2D eigenvalue weighted by Gasteiger charge is -2.34. The molecule has 2 aliphatic rings. The van der Waals surface area contributed by atoms with Gasteiger partial charge in [-0.1, -0.05) is 0 Å². The second-order valence-electron chi connectivity index (χ2n) is 5.24. The topological polar surface area (TPSA) is 46.8 Å². The Morgan fingerprint density at radius 3 is 2.95 bits per heavy atom. The minimum Gasteiger partial charge on any atom is -0.308 e. The summed E-state index contributed by atoms with van der Waals surface area (Å²) in [4.78, 5) is 9.55. The second kappa shape index (κ2) is 3.66. The van der Waals surface area contributed by atoms with Crippen molar-refractivity contribution in [3.8, 4) is 0 Å². The van der Waals surface area contributed by atoms with Crippen LogP contribution in [0, 0.1) is 11.2 Å². The van der Waals surface area contributed by atoms with Crippen LogP contribution < -0.4 is 4.90 Å².